The molecule has 0 amide bonds. The molecule has 0 saturated carbocycles. The van der Waals surface area contributed by atoms with Gasteiger partial charge in [-0.25, -0.2) is 9.97 Å². The summed E-state index contributed by atoms with van der Waals surface area (Å²) < 4.78 is 2.58. The van der Waals surface area contributed by atoms with Crippen LogP contribution in [0.15, 0.2) is 182 Å². The molecule has 0 saturated heterocycles. The number of thiophene rings is 1. The van der Waals surface area contributed by atoms with E-state index in [9.17, 15) is 0 Å². The fourth-order valence-electron chi connectivity index (χ4n) is 9.05. The second kappa shape index (κ2) is 12.7. The van der Waals surface area contributed by atoms with Crippen molar-refractivity contribution in [2.45, 2.75) is 19.3 Å². The zero-order valence-electron chi connectivity index (χ0n) is 31.1. The highest BCUT2D eigenvalue weighted by Gasteiger charge is 2.37. The van der Waals surface area contributed by atoms with Crippen LogP contribution in [0.25, 0.3) is 98.2 Å². The van der Waals surface area contributed by atoms with Gasteiger partial charge in [-0.1, -0.05) is 166 Å². The minimum Gasteiger partial charge on any atom is -0.228 e. The summed E-state index contributed by atoms with van der Waals surface area (Å²) in [7, 11) is 0. The molecule has 0 bridgehead atoms. The number of hydrogen-bond acceptors (Lipinski definition) is 3. The van der Waals surface area contributed by atoms with Crippen molar-refractivity contribution < 1.29 is 0 Å². The summed E-state index contributed by atoms with van der Waals surface area (Å²) in [5.74, 6) is 0.717. The van der Waals surface area contributed by atoms with Crippen molar-refractivity contribution in [2.24, 2.45) is 0 Å². The van der Waals surface area contributed by atoms with Crippen LogP contribution in [0.5, 0.6) is 0 Å². The first kappa shape index (κ1) is 32.7. The molecule has 3 heteroatoms. The van der Waals surface area contributed by atoms with Crippen LogP contribution in [0.2, 0.25) is 0 Å². The molecule has 0 atom stereocenters. The fourth-order valence-corrected chi connectivity index (χ4v) is 10.1. The van der Waals surface area contributed by atoms with Crippen molar-refractivity contribution >= 4 is 42.3 Å². The Morgan fingerprint density at radius 1 is 0.375 bits per heavy atom. The van der Waals surface area contributed by atoms with E-state index in [0.717, 1.165) is 39.3 Å². The highest BCUT2D eigenvalue weighted by molar-refractivity contribution is 7.25. The van der Waals surface area contributed by atoms with Crippen LogP contribution in [0.1, 0.15) is 25.0 Å². The van der Waals surface area contributed by atoms with E-state index < -0.39 is 0 Å². The number of benzene rings is 8. The quantitative estimate of drug-likeness (QED) is 0.176. The van der Waals surface area contributed by atoms with Gasteiger partial charge in [-0.3, -0.25) is 0 Å². The number of nitrogens with zero attached hydrogens (tertiary/aromatic N) is 2. The molecule has 0 radical (unpaired) electrons. The van der Waals surface area contributed by atoms with Crippen molar-refractivity contribution in [3.8, 4) is 67.3 Å². The standard InChI is InChI=1S/C53H36N2S/c1-53(2)46-24-10-8-20-41(46)44-23-13-22-38(51(44)53)35-17-12-16-34(30-35)37-27-28-42(40-19-7-6-18-39(37)40)48-32-47(54-52(55-48)33-14-4-3-5-15-33)36-26-29-50-45(31-36)43-21-9-11-25-49(43)56-50/h3-32H,1-2H3. The van der Waals surface area contributed by atoms with Gasteiger partial charge in [0, 0.05) is 42.3 Å². The average molecular weight is 733 g/mol. The Labute approximate surface area is 330 Å². The highest BCUT2D eigenvalue weighted by atomic mass is 32.1. The Bertz CT molecular complexity index is 3170. The van der Waals surface area contributed by atoms with E-state index in [1.807, 2.05) is 17.4 Å². The molecular weight excluding hydrogens is 697 g/mol. The Kier molecular flexibility index (Phi) is 7.42. The van der Waals surface area contributed by atoms with Gasteiger partial charge < -0.3 is 0 Å². The monoisotopic (exact) mass is 732 g/mol. The molecule has 2 heterocycles. The molecule has 8 aromatic carbocycles. The number of aromatic nitrogens is 2. The molecule has 264 valence electrons. The predicted molar refractivity (Wildman–Crippen MR) is 237 cm³/mol. The maximum absolute atomic E-state index is 5.26. The van der Waals surface area contributed by atoms with Crippen LogP contribution in [0, 0.1) is 0 Å². The van der Waals surface area contributed by atoms with E-state index in [0.29, 0.717) is 0 Å². The van der Waals surface area contributed by atoms with Crippen molar-refractivity contribution in [1.29, 1.82) is 0 Å². The number of rotatable bonds is 5. The van der Waals surface area contributed by atoms with Gasteiger partial charge in [0.15, 0.2) is 5.82 Å². The van der Waals surface area contributed by atoms with Gasteiger partial charge in [-0.05, 0) is 85.6 Å². The summed E-state index contributed by atoms with van der Waals surface area (Å²) >= 11 is 1.84. The Balaban J connectivity index is 1.06. The molecule has 11 rings (SSSR count). The normalized spacial score (nSPS) is 13.0. The molecule has 0 fully saturated rings. The highest BCUT2D eigenvalue weighted by Crippen LogP contribution is 2.52. The molecule has 56 heavy (non-hydrogen) atoms. The van der Waals surface area contributed by atoms with Gasteiger partial charge in [0.2, 0.25) is 0 Å². The van der Waals surface area contributed by atoms with E-state index in [1.54, 1.807) is 0 Å². The first-order valence-electron chi connectivity index (χ1n) is 19.2. The third kappa shape index (κ3) is 5.16. The van der Waals surface area contributed by atoms with Gasteiger partial charge in [0.25, 0.3) is 0 Å². The maximum Gasteiger partial charge on any atom is 0.160 e. The summed E-state index contributed by atoms with van der Waals surface area (Å²) in [6.07, 6.45) is 0. The number of fused-ring (bicyclic) bond motifs is 7. The third-order valence-corrected chi connectivity index (χ3v) is 12.8. The topological polar surface area (TPSA) is 25.8 Å². The van der Waals surface area contributed by atoms with Gasteiger partial charge >= 0.3 is 0 Å². The minimum absolute atomic E-state index is 0.0921. The number of hydrogen-bond donors (Lipinski definition) is 0. The molecule has 2 nitrogen and oxygen atoms in total. The molecule has 10 aromatic rings. The Morgan fingerprint density at radius 3 is 1.84 bits per heavy atom. The van der Waals surface area contributed by atoms with Gasteiger partial charge in [-0.15, -0.1) is 11.3 Å². The maximum atomic E-state index is 5.26. The largest absolute Gasteiger partial charge is 0.228 e. The molecule has 1 aliphatic rings. The van der Waals surface area contributed by atoms with E-state index in [-0.39, 0.29) is 5.41 Å². The first-order chi connectivity index (χ1) is 27.5. The smallest absolute Gasteiger partial charge is 0.160 e. The van der Waals surface area contributed by atoms with E-state index in [4.69, 9.17) is 9.97 Å². The van der Waals surface area contributed by atoms with Crippen LogP contribution in [-0.4, -0.2) is 9.97 Å². The van der Waals surface area contributed by atoms with Crippen molar-refractivity contribution in [3.05, 3.63) is 193 Å². The summed E-state index contributed by atoms with van der Waals surface area (Å²) in [6.45, 7) is 4.73. The molecular formula is C53H36N2S. The van der Waals surface area contributed by atoms with Crippen molar-refractivity contribution in [3.63, 3.8) is 0 Å². The lowest BCUT2D eigenvalue weighted by atomic mass is 9.78. The second-order valence-corrected chi connectivity index (χ2v) is 16.4. The lowest BCUT2D eigenvalue weighted by Crippen LogP contribution is -2.16. The molecule has 0 aliphatic heterocycles. The average Bonchev–Trinajstić information content (AvgIpc) is 3.75. The zero-order chi connectivity index (χ0) is 37.4. The lowest BCUT2D eigenvalue weighted by Gasteiger charge is -2.24. The zero-order valence-corrected chi connectivity index (χ0v) is 31.9. The SMILES string of the molecule is CC1(C)c2ccccc2-c2cccc(-c3cccc(-c4ccc(-c5cc(-c6ccc7sc8ccccc8c7c6)nc(-c6ccccc6)n5)c5ccccc45)c3)c21. The van der Waals surface area contributed by atoms with Crippen molar-refractivity contribution in [1.82, 2.24) is 9.97 Å². The van der Waals surface area contributed by atoms with Gasteiger partial charge in [0.1, 0.15) is 0 Å². The van der Waals surface area contributed by atoms with Gasteiger partial charge in [-0.2, -0.15) is 0 Å². The molecule has 0 unspecified atom stereocenters. The van der Waals surface area contributed by atoms with Crippen LogP contribution in [-0.2, 0) is 5.41 Å². The molecule has 1 aliphatic carbocycles. The molecule has 0 N–H and O–H groups in total. The summed E-state index contributed by atoms with van der Waals surface area (Å²) in [6, 6.07) is 65.9. The Hall–Kier alpha value is -6.68. The second-order valence-electron chi connectivity index (χ2n) is 15.3. The van der Waals surface area contributed by atoms with Crippen LogP contribution in [0.4, 0.5) is 0 Å². The van der Waals surface area contributed by atoms with Crippen LogP contribution < -0.4 is 0 Å². The predicted octanol–water partition coefficient (Wildman–Crippen LogP) is 14.6. The van der Waals surface area contributed by atoms with Crippen molar-refractivity contribution in [2.75, 3.05) is 0 Å². The van der Waals surface area contributed by atoms with Crippen LogP contribution in [0.3, 0.4) is 0 Å². The fraction of sp³-hybridized carbons (Fsp3) is 0.0566. The molecule has 2 aromatic heterocycles. The third-order valence-electron chi connectivity index (χ3n) is 11.7. The van der Waals surface area contributed by atoms with E-state index >= 15 is 0 Å². The Morgan fingerprint density at radius 2 is 0.982 bits per heavy atom. The summed E-state index contributed by atoms with van der Waals surface area (Å²) in [5.41, 5.74) is 15.3. The minimum atomic E-state index is -0.0921. The summed E-state index contributed by atoms with van der Waals surface area (Å²) in [4.78, 5) is 10.5. The van der Waals surface area contributed by atoms with Crippen LogP contribution >= 0.6 is 11.3 Å². The first-order valence-corrected chi connectivity index (χ1v) is 20.1. The molecule has 0 spiro atoms. The van der Waals surface area contributed by atoms with E-state index in [2.05, 4.69) is 190 Å². The van der Waals surface area contributed by atoms with E-state index in [1.165, 1.54) is 70.1 Å². The summed E-state index contributed by atoms with van der Waals surface area (Å²) in [5, 5.41) is 4.90. The lowest BCUT2D eigenvalue weighted by molar-refractivity contribution is 0.662. The van der Waals surface area contributed by atoms with Gasteiger partial charge in [0.05, 0.1) is 11.4 Å².